The highest BCUT2D eigenvalue weighted by molar-refractivity contribution is 6.06. The number of carbonyl (C=O) groups is 2. The summed E-state index contributed by atoms with van der Waals surface area (Å²) in [6.45, 7) is 2.14. The van der Waals surface area contributed by atoms with E-state index in [1.807, 2.05) is 0 Å². The number of imide groups is 1. The maximum atomic E-state index is 11.8. The van der Waals surface area contributed by atoms with E-state index in [9.17, 15) is 9.59 Å². The summed E-state index contributed by atoms with van der Waals surface area (Å²) < 4.78 is 0. The number of rotatable bonds is 2. The first-order valence-electron chi connectivity index (χ1n) is 5.72. The van der Waals surface area contributed by atoms with E-state index in [-0.39, 0.29) is 29.1 Å². The van der Waals surface area contributed by atoms with Crippen LogP contribution in [0.4, 0.5) is 0 Å². The Morgan fingerprint density at radius 2 is 2.27 bits per heavy atom. The fraction of sp³-hybridized carbons (Fsp3) is 0.667. The monoisotopic (exact) mass is 205 g/mol. The Hall–Kier alpha value is -1.12. The predicted molar refractivity (Wildman–Crippen MR) is 54.7 cm³/mol. The molecule has 15 heavy (non-hydrogen) atoms. The van der Waals surface area contributed by atoms with Gasteiger partial charge in [-0.2, -0.15) is 0 Å². The fourth-order valence-corrected chi connectivity index (χ4v) is 3.83. The Morgan fingerprint density at radius 3 is 3.00 bits per heavy atom. The number of carbonyl (C=O) groups excluding carboxylic acids is 2. The molecule has 4 unspecified atom stereocenters. The lowest BCUT2D eigenvalue weighted by molar-refractivity contribution is -0.127. The average molecular weight is 205 g/mol. The molecule has 2 amide bonds. The van der Waals surface area contributed by atoms with Gasteiger partial charge in [-0.05, 0) is 18.8 Å². The molecule has 1 saturated carbocycles. The molecule has 0 aromatic carbocycles. The third-order valence-electron chi connectivity index (χ3n) is 4.28. The molecule has 0 radical (unpaired) electrons. The number of amides is 2. The zero-order chi connectivity index (χ0) is 10.6. The summed E-state index contributed by atoms with van der Waals surface area (Å²) in [6.07, 6.45) is 7.45. The van der Waals surface area contributed by atoms with Gasteiger partial charge < -0.3 is 0 Å². The van der Waals surface area contributed by atoms with Crippen molar-refractivity contribution >= 4 is 11.8 Å². The van der Waals surface area contributed by atoms with Crippen molar-refractivity contribution in [1.29, 1.82) is 0 Å². The quantitative estimate of drug-likeness (QED) is 0.544. The summed E-state index contributed by atoms with van der Waals surface area (Å²) >= 11 is 0. The highest BCUT2D eigenvalue weighted by Crippen LogP contribution is 2.60. The van der Waals surface area contributed by atoms with Gasteiger partial charge in [-0.3, -0.25) is 14.9 Å². The molecule has 1 saturated heterocycles. The van der Waals surface area contributed by atoms with Crippen molar-refractivity contribution in [2.75, 3.05) is 0 Å². The fourth-order valence-electron chi connectivity index (χ4n) is 3.83. The molecule has 3 heteroatoms. The van der Waals surface area contributed by atoms with E-state index in [2.05, 4.69) is 24.4 Å². The first-order valence-corrected chi connectivity index (χ1v) is 5.72. The van der Waals surface area contributed by atoms with E-state index in [4.69, 9.17) is 0 Å². The van der Waals surface area contributed by atoms with Crippen LogP contribution in [0.3, 0.4) is 0 Å². The molecule has 0 spiro atoms. The number of fused-ring (bicyclic) bond motifs is 5. The summed E-state index contributed by atoms with van der Waals surface area (Å²) in [7, 11) is 0. The second kappa shape index (κ2) is 2.71. The summed E-state index contributed by atoms with van der Waals surface area (Å²) in [4.78, 5) is 23.4. The summed E-state index contributed by atoms with van der Waals surface area (Å²) in [5, 5.41) is 2.48. The molecule has 2 fully saturated rings. The van der Waals surface area contributed by atoms with Crippen LogP contribution in [0.2, 0.25) is 0 Å². The van der Waals surface area contributed by atoms with Gasteiger partial charge >= 0.3 is 0 Å². The van der Waals surface area contributed by atoms with E-state index < -0.39 is 0 Å². The molecule has 3 rings (SSSR count). The third kappa shape index (κ3) is 0.959. The van der Waals surface area contributed by atoms with E-state index in [0.717, 1.165) is 19.3 Å². The molecule has 80 valence electrons. The van der Waals surface area contributed by atoms with Crippen molar-refractivity contribution in [3.05, 3.63) is 12.2 Å². The van der Waals surface area contributed by atoms with Gasteiger partial charge in [0, 0.05) is 5.41 Å². The summed E-state index contributed by atoms with van der Waals surface area (Å²) in [5.74, 6) is 0.102. The lowest BCUT2D eigenvalue weighted by Gasteiger charge is -2.29. The molecule has 4 atom stereocenters. The Labute approximate surface area is 88.9 Å². The van der Waals surface area contributed by atoms with Crippen molar-refractivity contribution < 1.29 is 9.59 Å². The molecule has 1 aliphatic heterocycles. The molecule has 0 aromatic rings. The van der Waals surface area contributed by atoms with Gasteiger partial charge in [0.15, 0.2) is 0 Å². The number of hydrogen-bond donors (Lipinski definition) is 1. The van der Waals surface area contributed by atoms with Gasteiger partial charge in [-0.1, -0.05) is 25.5 Å². The number of allylic oxidation sites excluding steroid dienone is 2. The van der Waals surface area contributed by atoms with Crippen LogP contribution in [0, 0.1) is 23.2 Å². The molecule has 3 aliphatic rings. The zero-order valence-electron chi connectivity index (χ0n) is 8.82. The second-order valence-corrected chi connectivity index (χ2v) is 5.07. The Bertz CT molecular complexity index is 374. The third-order valence-corrected chi connectivity index (χ3v) is 4.28. The first-order chi connectivity index (χ1) is 7.18. The highest BCUT2D eigenvalue weighted by atomic mass is 16.2. The van der Waals surface area contributed by atoms with Crippen molar-refractivity contribution in [3.8, 4) is 0 Å². The van der Waals surface area contributed by atoms with Crippen molar-refractivity contribution in [2.24, 2.45) is 23.2 Å². The average Bonchev–Trinajstić information content (AvgIpc) is 2.79. The van der Waals surface area contributed by atoms with E-state index in [0.29, 0.717) is 5.92 Å². The van der Waals surface area contributed by atoms with Crippen molar-refractivity contribution in [1.82, 2.24) is 5.32 Å². The Morgan fingerprint density at radius 1 is 1.47 bits per heavy atom. The molecule has 3 nitrogen and oxygen atoms in total. The molecule has 2 bridgehead atoms. The molecule has 1 heterocycles. The van der Waals surface area contributed by atoms with Gasteiger partial charge in [-0.15, -0.1) is 0 Å². The maximum absolute atomic E-state index is 11.8. The molecule has 2 aliphatic carbocycles. The van der Waals surface area contributed by atoms with Crippen molar-refractivity contribution in [3.63, 3.8) is 0 Å². The smallest absolute Gasteiger partial charge is 0.231 e. The van der Waals surface area contributed by atoms with E-state index >= 15 is 0 Å². The lowest BCUT2D eigenvalue weighted by atomic mass is 9.72. The van der Waals surface area contributed by atoms with Crippen LogP contribution in [0.1, 0.15) is 26.2 Å². The van der Waals surface area contributed by atoms with Crippen LogP contribution >= 0.6 is 0 Å². The maximum Gasteiger partial charge on any atom is 0.231 e. The molecule has 0 aromatic heterocycles. The van der Waals surface area contributed by atoms with Gasteiger partial charge in [0.25, 0.3) is 0 Å². The zero-order valence-corrected chi connectivity index (χ0v) is 8.82. The van der Waals surface area contributed by atoms with Crippen LogP contribution in [0.5, 0.6) is 0 Å². The molecular formula is C12H15NO2. The highest BCUT2D eigenvalue weighted by Gasteiger charge is 2.62. The van der Waals surface area contributed by atoms with Crippen LogP contribution < -0.4 is 5.32 Å². The SMILES string of the molecule is CCCC12C=CC(C1)C1C(=O)NC(=O)C12. The predicted octanol–water partition coefficient (Wildman–Crippen LogP) is 1.25. The largest absolute Gasteiger partial charge is 0.296 e. The normalized spacial score (nSPS) is 46.1. The Balaban J connectivity index is 2.03. The van der Waals surface area contributed by atoms with Crippen LogP contribution in [-0.4, -0.2) is 11.8 Å². The molecular weight excluding hydrogens is 190 g/mol. The minimum absolute atomic E-state index is 0.000324. The minimum atomic E-state index is -0.0695. The van der Waals surface area contributed by atoms with E-state index in [1.165, 1.54) is 0 Å². The van der Waals surface area contributed by atoms with Gasteiger partial charge in [0.1, 0.15) is 0 Å². The van der Waals surface area contributed by atoms with Gasteiger partial charge in [0.05, 0.1) is 11.8 Å². The second-order valence-electron chi connectivity index (χ2n) is 5.07. The summed E-state index contributed by atoms with van der Waals surface area (Å²) in [5.41, 5.74) is 0.000324. The van der Waals surface area contributed by atoms with Crippen LogP contribution in [0.15, 0.2) is 12.2 Å². The topological polar surface area (TPSA) is 46.2 Å². The van der Waals surface area contributed by atoms with Gasteiger partial charge in [-0.25, -0.2) is 0 Å². The standard InChI is InChI=1S/C12H15NO2/c1-2-4-12-5-3-7(6-12)8-9(12)11(15)13-10(8)14/h3,5,7-9H,2,4,6H2,1H3,(H,13,14,15). The first kappa shape index (κ1) is 9.13. The summed E-state index contributed by atoms with van der Waals surface area (Å²) in [6, 6.07) is 0. The number of hydrogen-bond acceptors (Lipinski definition) is 2. The van der Waals surface area contributed by atoms with Crippen LogP contribution in [0.25, 0.3) is 0 Å². The minimum Gasteiger partial charge on any atom is -0.296 e. The lowest BCUT2D eigenvalue weighted by Crippen LogP contribution is -2.32. The van der Waals surface area contributed by atoms with Gasteiger partial charge in [0.2, 0.25) is 11.8 Å². The number of nitrogens with one attached hydrogen (secondary N) is 1. The molecule has 1 N–H and O–H groups in total. The van der Waals surface area contributed by atoms with E-state index in [1.54, 1.807) is 0 Å². The van der Waals surface area contributed by atoms with Crippen molar-refractivity contribution in [2.45, 2.75) is 26.2 Å². The Kier molecular flexibility index (Phi) is 1.65. The van der Waals surface area contributed by atoms with Crippen LogP contribution in [-0.2, 0) is 9.59 Å².